The van der Waals surface area contributed by atoms with Gasteiger partial charge < -0.3 is 15.3 Å². The number of carbonyl (C=O) groups is 1. The second-order valence-electron chi connectivity index (χ2n) is 4.13. The summed E-state index contributed by atoms with van der Waals surface area (Å²) in [5, 5.41) is 3.84. The van der Waals surface area contributed by atoms with Gasteiger partial charge >= 0.3 is 0 Å². The molecule has 18 heavy (non-hydrogen) atoms. The number of carbonyl (C=O) groups excluding carboxylic acids is 1. The molecule has 0 bridgehead atoms. The summed E-state index contributed by atoms with van der Waals surface area (Å²) in [7, 11) is 0. The van der Waals surface area contributed by atoms with Gasteiger partial charge in [0.2, 0.25) is 0 Å². The number of benzene rings is 1. The first-order valence-corrected chi connectivity index (χ1v) is 5.81. The standard InChI is InChI=1S/C14H13N3O/c18-14(17-8-10-4-3-7-15-10)12-9-16-13-6-2-1-5-11(12)13/h1-7,9,15-16H,8H2,(H,17,18). The Morgan fingerprint density at radius 3 is 2.83 bits per heavy atom. The minimum atomic E-state index is -0.0675. The summed E-state index contributed by atoms with van der Waals surface area (Å²) in [6, 6.07) is 11.6. The number of rotatable bonds is 3. The molecule has 1 aromatic carbocycles. The SMILES string of the molecule is O=C(NCc1ccc[nH]1)c1c[nH]c2ccccc12. The molecule has 4 heteroatoms. The fourth-order valence-electron chi connectivity index (χ4n) is 2.01. The molecule has 3 aromatic rings. The maximum absolute atomic E-state index is 12.1. The average molecular weight is 239 g/mol. The topological polar surface area (TPSA) is 60.7 Å². The molecule has 0 atom stereocenters. The van der Waals surface area contributed by atoms with Crippen LogP contribution in [-0.4, -0.2) is 15.9 Å². The highest BCUT2D eigenvalue weighted by atomic mass is 16.1. The second-order valence-corrected chi connectivity index (χ2v) is 4.13. The molecule has 1 amide bonds. The number of aromatic nitrogens is 2. The smallest absolute Gasteiger partial charge is 0.253 e. The summed E-state index contributed by atoms with van der Waals surface area (Å²) in [5.41, 5.74) is 2.64. The van der Waals surface area contributed by atoms with Crippen molar-refractivity contribution in [3.63, 3.8) is 0 Å². The molecule has 0 aliphatic carbocycles. The van der Waals surface area contributed by atoms with Crippen molar-refractivity contribution >= 4 is 16.8 Å². The number of aromatic amines is 2. The number of para-hydroxylation sites is 1. The van der Waals surface area contributed by atoms with Gasteiger partial charge in [-0.1, -0.05) is 18.2 Å². The molecule has 0 spiro atoms. The third-order valence-corrected chi connectivity index (χ3v) is 2.94. The van der Waals surface area contributed by atoms with Crippen LogP contribution in [0.5, 0.6) is 0 Å². The molecular formula is C14H13N3O. The van der Waals surface area contributed by atoms with Gasteiger partial charge in [-0.2, -0.15) is 0 Å². The van der Waals surface area contributed by atoms with Gasteiger partial charge in [0.05, 0.1) is 12.1 Å². The Labute approximate surface area is 104 Å². The van der Waals surface area contributed by atoms with E-state index in [0.29, 0.717) is 12.1 Å². The lowest BCUT2D eigenvalue weighted by molar-refractivity contribution is 0.0952. The van der Waals surface area contributed by atoms with Crippen molar-refractivity contribution in [2.75, 3.05) is 0 Å². The van der Waals surface area contributed by atoms with E-state index in [1.807, 2.05) is 42.6 Å². The Bertz CT molecular complexity index is 667. The van der Waals surface area contributed by atoms with E-state index >= 15 is 0 Å². The number of hydrogen-bond acceptors (Lipinski definition) is 1. The summed E-state index contributed by atoms with van der Waals surface area (Å²) < 4.78 is 0. The molecule has 0 fully saturated rings. The van der Waals surface area contributed by atoms with Crippen LogP contribution in [0.3, 0.4) is 0 Å². The van der Waals surface area contributed by atoms with Crippen LogP contribution in [0, 0.1) is 0 Å². The van der Waals surface area contributed by atoms with Crippen molar-refractivity contribution in [3.05, 3.63) is 60.0 Å². The largest absolute Gasteiger partial charge is 0.364 e. The maximum Gasteiger partial charge on any atom is 0.253 e. The number of nitrogens with one attached hydrogen (secondary N) is 3. The molecule has 2 heterocycles. The summed E-state index contributed by atoms with van der Waals surface area (Å²) in [6.45, 7) is 0.505. The minimum Gasteiger partial charge on any atom is -0.364 e. The van der Waals surface area contributed by atoms with E-state index in [9.17, 15) is 4.79 Å². The first-order chi connectivity index (χ1) is 8.84. The molecule has 0 radical (unpaired) electrons. The van der Waals surface area contributed by atoms with Gasteiger partial charge in [-0.25, -0.2) is 0 Å². The van der Waals surface area contributed by atoms with Gasteiger partial charge in [0.25, 0.3) is 5.91 Å². The van der Waals surface area contributed by atoms with Crippen LogP contribution >= 0.6 is 0 Å². The highest BCUT2D eigenvalue weighted by molar-refractivity contribution is 6.06. The van der Waals surface area contributed by atoms with Crippen molar-refractivity contribution in [1.29, 1.82) is 0 Å². The van der Waals surface area contributed by atoms with E-state index in [1.54, 1.807) is 6.20 Å². The molecule has 0 aliphatic rings. The number of amides is 1. The molecule has 3 rings (SSSR count). The van der Waals surface area contributed by atoms with Crippen molar-refractivity contribution in [1.82, 2.24) is 15.3 Å². The van der Waals surface area contributed by atoms with Crippen LogP contribution in [0.25, 0.3) is 10.9 Å². The molecule has 4 nitrogen and oxygen atoms in total. The van der Waals surface area contributed by atoms with Crippen LogP contribution in [0.4, 0.5) is 0 Å². The Balaban J connectivity index is 1.80. The lowest BCUT2D eigenvalue weighted by Gasteiger charge is -2.02. The van der Waals surface area contributed by atoms with Crippen molar-refractivity contribution in [2.45, 2.75) is 6.54 Å². The second kappa shape index (κ2) is 4.41. The van der Waals surface area contributed by atoms with Crippen LogP contribution < -0.4 is 5.32 Å². The summed E-state index contributed by atoms with van der Waals surface area (Å²) in [6.07, 6.45) is 3.59. The first-order valence-electron chi connectivity index (χ1n) is 5.81. The Kier molecular flexibility index (Phi) is 2.61. The zero-order valence-corrected chi connectivity index (χ0v) is 9.73. The van der Waals surface area contributed by atoms with Crippen LogP contribution in [-0.2, 0) is 6.54 Å². The molecule has 0 saturated heterocycles. The molecule has 0 unspecified atom stereocenters. The minimum absolute atomic E-state index is 0.0675. The van der Waals surface area contributed by atoms with E-state index in [1.165, 1.54) is 0 Å². The fourth-order valence-corrected chi connectivity index (χ4v) is 2.01. The Morgan fingerprint density at radius 2 is 2.00 bits per heavy atom. The predicted molar refractivity (Wildman–Crippen MR) is 70.3 cm³/mol. The molecule has 2 aromatic heterocycles. The zero-order valence-electron chi connectivity index (χ0n) is 9.73. The van der Waals surface area contributed by atoms with Crippen molar-refractivity contribution in [3.8, 4) is 0 Å². The van der Waals surface area contributed by atoms with E-state index in [4.69, 9.17) is 0 Å². The summed E-state index contributed by atoms with van der Waals surface area (Å²) in [4.78, 5) is 18.2. The molecule has 90 valence electrons. The maximum atomic E-state index is 12.1. The van der Waals surface area contributed by atoms with E-state index in [-0.39, 0.29) is 5.91 Å². The monoisotopic (exact) mass is 239 g/mol. The third-order valence-electron chi connectivity index (χ3n) is 2.94. The predicted octanol–water partition coefficient (Wildman–Crippen LogP) is 2.43. The quantitative estimate of drug-likeness (QED) is 0.646. The third kappa shape index (κ3) is 1.88. The number of fused-ring (bicyclic) bond motifs is 1. The lowest BCUT2D eigenvalue weighted by Crippen LogP contribution is -2.22. The van der Waals surface area contributed by atoms with Gasteiger partial charge in [-0.05, 0) is 18.2 Å². The van der Waals surface area contributed by atoms with Crippen LogP contribution in [0.1, 0.15) is 16.1 Å². The van der Waals surface area contributed by atoms with Gasteiger partial charge in [0.15, 0.2) is 0 Å². The molecule has 0 aliphatic heterocycles. The van der Waals surface area contributed by atoms with E-state index in [0.717, 1.165) is 16.6 Å². The van der Waals surface area contributed by atoms with Crippen molar-refractivity contribution in [2.24, 2.45) is 0 Å². The fraction of sp³-hybridized carbons (Fsp3) is 0.0714. The first kappa shape index (κ1) is 10.7. The zero-order chi connectivity index (χ0) is 12.4. The number of hydrogen-bond donors (Lipinski definition) is 3. The molecule has 3 N–H and O–H groups in total. The highest BCUT2D eigenvalue weighted by Crippen LogP contribution is 2.17. The Morgan fingerprint density at radius 1 is 1.11 bits per heavy atom. The summed E-state index contributed by atoms with van der Waals surface area (Å²) >= 11 is 0. The lowest BCUT2D eigenvalue weighted by atomic mass is 10.1. The molecular weight excluding hydrogens is 226 g/mol. The van der Waals surface area contributed by atoms with Gasteiger partial charge in [-0.3, -0.25) is 4.79 Å². The van der Waals surface area contributed by atoms with Gasteiger partial charge in [-0.15, -0.1) is 0 Å². The highest BCUT2D eigenvalue weighted by Gasteiger charge is 2.10. The number of H-pyrrole nitrogens is 2. The van der Waals surface area contributed by atoms with Gasteiger partial charge in [0.1, 0.15) is 0 Å². The Hall–Kier alpha value is -2.49. The average Bonchev–Trinajstić information content (AvgIpc) is 3.05. The van der Waals surface area contributed by atoms with Gasteiger partial charge in [0, 0.05) is 29.0 Å². The van der Waals surface area contributed by atoms with Crippen LogP contribution in [0.15, 0.2) is 48.8 Å². The summed E-state index contributed by atoms with van der Waals surface area (Å²) in [5.74, 6) is -0.0675. The van der Waals surface area contributed by atoms with E-state index in [2.05, 4.69) is 15.3 Å². The van der Waals surface area contributed by atoms with E-state index < -0.39 is 0 Å². The van der Waals surface area contributed by atoms with Crippen molar-refractivity contribution < 1.29 is 4.79 Å². The normalized spacial score (nSPS) is 10.7. The van der Waals surface area contributed by atoms with Crippen LogP contribution in [0.2, 0.25) is 0 Å². The molecule has 0 saturated carbocycles.